The van der Waals surface area contributed by atoms with Gasteiger partial charge < -0.3 is 9.64 Å². The summed E-state index contributed by atoms with van der Waals surface area (Å²) >= 11 is 0. The molecule has 0 bridgehead atoms. The molecule has 7 heteroatoms. The van der Waals surface area contributed by atoms with Gasteiger partial charge in [0.05, 0.1) is 11.0 Å². The van der Waals surface area contributed by atoms with Crippen molar-refractivity contribution < 1.29 is 17.9 Å². The summed E-state index contributed by atoms with van der Waals surface area (Å²) in [5.74, 6) is -0.124. The van der Waals surface area contributed by atoms with Crippen LogP contribution in [0.4, 0.5) is 5.69 Å². The first-order valence-electron chi connectivity index (χ1n) is 6.36. The number of sulfonamides is 1. The maximum absolute atomic E-state index is 12.1. The summed E-state index contributed by atoms with van der Waals surface area (Å²) in [5.41, 5.74) is 1.55. The Morgan fingerprint density at radius 1 is 1.45 bits per heavy atom. The number of carbonyl (C=O) groups is 1. The van der Waals surface area contributed by atoms with Gasteiger partial charge in [-0.1, -0.05) is 0 Å². The largest absolute Gasteiger partial charge is 0.369 e. The van der Waals surface area contributed by atoms with Crippen molar-refractivity contribution in [3.63, 3.8) is 0 Å². The summed E-state index contributed by atoms with van der Waals surface area (Å²) in [6.45, 7) is 4.28. The third-order valence-electron chi connectivity index (χ3n) is 3.12. The Morgan fingerprint density at radius 2 is 2.15 bits per heavy atom. The molecule has 1 aliphatic heterocycles. The maximum Gasteiger partial charge on any atom is 0.253 e. The van der Waals surface area contributed by atoms with Crippen LogP contribution in [0.1, 0.15) is 19.4 Å². The van der Waals surface area contributed by atoms with Crippen LogP contribution in [0.25, 0.3) is 0 Å². The zero-order chi connectivity index (χ0) is 14.9. The molecule has 1 heterocycles. The van der Waals surface area contributed by atoms with Crippen molar-refractivity contribution >= 4 is 21.6 Å². The quantitative estimate of drug-likeness (QED) is 0.883. The molecule has 20 heavy (non-hydrogen) atoms. The molecule has 110 valence electrons. The number of nitrogens with two attached hydrogens (primary N) is 1. The van der Waals surface area contributed by atoms with Crippen LogP contribution >= 0.6 is 0 Å². The lowest BCUT2D eigenvalue weighted by Gasteiger charge is -2.18. The van der Waals surface area contributed by atoms with E-state index in [9.17, 15) is 13.2 Å². The van der Waals surface area contributed by atoms with Gasteiger partial charge in [-0.2, -0.15) is 0 Å². The van der Waals surface area contributed by atoms with Crippen LogP contribution in [-0.4, -0.2) is 33.6 Å². The summed E-state index contributed by atoms with van der Waals surface area (Å²) < 4.78 is 27.9. The zero-order valence-corrected chi connectivity index (χ0v) is 12.3. The monoisotopic (exact) mass is 298 g/mol. The summed E-state index contributed by atoms with van der Waals surface area (Å²) in [4.78, 5) is 13.7. The number of anilines is 1. The summed E-state index contributed by atoms with van der Waals surface area (Å²) in [5, 5.41) is 5.10. The fourth-order valence-corrected chi connectivity index (χ4v) is 2.69. The number of primary sulfonamides is 1. The van der Waals surface area contributed by atoms with Crippen molar-refractivity contribution in [3.8, 4) is 0 Å². The van der Waals surface area contributed by atoms with E-state index in [2.05, 4.69) is 0 Å². The first kappa shape index (κ1) is 15.0. The van der Waals surface area contributed by atoms with E-state index in [0.717, 1.165) is 11.3 Å². The van der Waals surface area contributed by atoms with Gasteiger partial charge in [0.25, 0.3) is 5.91 Å². The van der Waals surface area contributed by atoms with E-state index in [1.807, 2.05) is 13.8 Å². The third-order valence-corrected chi connectivity index (χ3v) is 4.03. The predicted octanol–water partition coefficient (Wildman–Crippen LogP) is 0.648. The van der Waals surface area contributed by atoms with E-state index in [1.54, 1.807) is 11.0 Å². The van der Waals surface area contributed by atoms with Crippen molar-refractivity contribution in [2.75, 3.05) is 18.1 Å². The summed E-state index contributed by atoms with van der Waals surface area (Å²) in [6, 6.07) is 4.57. The van der Waals surface area contributed by atoms with Gasteiger partial charge in [0, 0.05) is 12.2 Å². The lowest BCUT2D eigenvalue weighted by molar-refractivity contribution is -0.124. The molecule has 0 fully saturated rings. The van der Waals surface area contributed by atoms with Crippen molar-refractivity contribution in [1.29, 1.82) is 0 Å². The molecule has 1 aromatic rings. The van der Waals surface area contributed by atoms with Gasteiger partial charge >= 0.3 is 0 Å². The van der Waals surface area contributed by atoms with Crippen LogP contribution < -0.4 is 10.0 Å². The molecular weight excluding hydrogens is 280 g/mol. The molecule has 0 atom stereocenters. The second-order valence-corrected chi connectivity index (χ2v) is 6.55. The minimum Gasteiger partial charge on any atom is -0.369 e. The Kier molecular flexibility index (Phi) is 4.12. The van der Waals surface area contributed by atoms with E-state index in [1.165, 1.54) is 12.1 Å². The molecule has 0 saturated carbocycles. The Bertz CT molecular complexity index is 625. The Labute approximate surface area is 118 Å². The molecule has 0 saturated heterocycles. The van der Waals surface area contributed by atoms with Crippen LogP contribution in [0.5, 0.6) is 0 Å². The molecule has 1 aromatic carbocycles. The lowest BCUT2D eigenvalue weighted by atomic mass is 10.2. The number of carbonyl (C=O) groups excluding carboxylic acids is 1. The molecule has 0 radical (unpaired) electrons. The van der Waals surface area contributed by atoms with E-state index in [-0.39, 0.29) is 23.5 Å². The van der Waals surface area contributed by atoms with Gasteiger partial charge in [0.1, 0.15) is 6.61 Å². The number of benzene rings is 1. The number of fused-ring (bicyclic) bond motifs is 1. The Balaban J connectivity index is 2.20. The van der Waals surface area contributed by atoms with Gasteiger partial charge in [-0.3, -0.25) is 4.79 Å². The standard InChI is InChI=1S/C13H18N2O4S/c1-9(2)19-8-13(16)15-6-5-10-7-11(20(14,17)18)3-4-12(10)15/h3-4,7,9H,5-6,8H2,1-2H3,(H2,14,17,18). The van der Waals surface area contributed by atoms with E-state index >= 15 is 0 Å². The molecule has 0 spiro atoms. The van der Waals surface area contributed by atoms with Crippen LogP contribution in [0.15, 0.2) is 23.1 Å². The van der Waals surface area contributed by atoms with Gasteiger partial charge in [-0.15, -0.1) is 0 Å². The molecule has 2 N–H and O–H groups in total. The Morgan fingerprint density at radius 3 is 2.75 bits per heavy atom. The second-order valence-electron chi connectivity index (χ2n) is 4.99. The average molecular weight is 298 g/mol. The predicted molar refractivity (Wildman–Crippen MR) is 75.0 cm³/mol. The van der Waals surface area contributed by atoms with Crippen molar-refractivity contribution in [1.82, 2.24) is 0 Å². The van der Waals surface area contributed by atoms with Crippen molar-refractivity contribution in [3.05, 3.63) is 23.8 Å². The number of nitrogens with zero attached hydrogens (tertiary/aromatic N) is 1. The van der Waals surface area contributed by atoms with E-state index in [0.29, 0.717) is 13.0 Å². The minimum absolute atomic E-state index is 0.00853. The maximum atomic E-state index is 12.1. The van der Waals surface area contributed by atoms with Gasteiger partial charge in [0.2, 0.25) is 10.0 Å². The van der Waals surface area contributed by atoms with Crippen LogP contribution in [-0.2, 0) is 26.0 Å². The van der Waals surface area contributed by atoms with Crippen molar-refractivity contribution in [2.45, 2.75) is 31.3 Å². The van der Waals surface area contributed by atoms with Crippen LogP contribution in [0.2, 0.25) is 0 Å². The van der Waals surface area contributed by atoms with E-state index < -0.39 is 10.0 Å². The van der Waals surface area contributed by atoms with Crippen LogP contribution in [0, 0.1) is 0 Å². The SMILES string of the molecule is CC(C)OCC(=O)N1CCc2cc(S(N)(=O)=O)ccc21. The molecule has 0 aromatic heterocycles. The molecule has 0 aliphatic carbocycles. The smallest absolute Gasteiger partial charge is 0.253 e. The highest BCUT2D eigenvalue weighted by Gasteiger charge is 2.26. The number of rotatable bonds is 4. The second kappa shape index (κ2) is 5.51. The molecule has 1 amide bonds. The number of ether oxygens (including phenoxy) is 1. The van der Waals surface area contributed by atoms with E-state index in [4.69, 9.17) is 9.88 Å². The van der Waals surface area contributed by atoms with Gasteiger partial charge in [0.15, 0.2) is 0 Å². The topological polar surface area (TPSA) is 89.7 Å². The first-order valence-corrected chi connectivity index (χ1v) is 7.91. The average Bonchev–Trinajstić information content (AvgIpc) is 2.77. The van der Waals surface area contributed by atoms with Crippen molar-refractivity contribution in [2.24, 2.45) is 5.14 Å². The minimum atomic E-state index is -3.71. The fourth-order valence-electron chi connectivity index (χ4n) is 2.13. The number of hydrogen-bond acceptors (Lipinski definition) is 4. The molecule has 6 nitrogen and oxygen atoms in total. The third kappa shape index (κ3) is 3.17. The highest BCUT2D eigenvalue weighted by molar-refractivity contribution is 7.89. The van der Waals surface area contributed by atoms with Gasteiger partial charge in [-0.25, -0.2) is 13.6 Å². The first-order chi connectivity index (χ1) is 9.29. The molecule has 2 rings (SSSR count). The Hall–Kier alpha value is -1.44. The fraction of sp³-hybridized carbons (Fsp3) is 0.462. The summed E-state index contributed by atoms with van der Waals surface area (Å²) in [6.07, 6.45) is 0.609. The highest BCUT2D eigenvalue weighted by atomic mass is 32.2. The molecule has 0 unspecified atom stereocenters. The lowest BCUT2D eigenvalue weighted by Crippen LogP contribution is -2.33. The van der Waals surface area contributed by atoms with Gasteiger partial charge in [-0.05, 0) is 44.0 Å². The normalized spacial score (nSPS) is 14.7. The number of hydrogen-bond donors (Lipinski definition) is 1. The molecular formula is C13H18N2O4S. The highest BCUT2D eigenvalue weighted by Crippen LogP contribution is 2.30. The zero-order valence-electron chi connectivity index (χ0n) is 11.5. The number of amides is 1. The molecule has 1 aliphatic rings. The summed E-state index contributed by atoms with van der Waals surface area (Å²) in [7, 11) is -3.71. The van der Waals surface area contributed by atoms with Crippen LogP contribution in [0.3, 0.4) is 0 Å².